The van der Waals surface area contributed by atoms with E-state index in [1.165, 1.54) is 5.56 Å². The maximum absolute atomic E-state index is 5.50. The molecule has 2 aliphatic rings. The SMILES string of the molecule is CCCNC(CN1CCOCC1)c1ccc2c(c1)OCO2. The summed E-state index contributed by atoms with van der Waals surface area (Å²) in [5.41, 5.74) is 1.26. The Morgan fingerprint density at radius 1 is 1.19 bits per heavy atom. The second-order valence-corrected chi connectivity index (χ2v) is 5.53. The van der Waals surface area contributed by atoms with Crippen LogP contribution in [0.2, 0.25) is 0 Å². The van der Waals surface area contributed by atoms with Crippen molar-refractivity contribution in [3.8, 4) is 11.5 Å². The van der Waals surface area contributed by atoms with Gasteiger partial charge in [-0.1, -0.05) is 13.0 Å². The lowest BCUT2D eigenvalue weighted by atomic mass is 10.0. The Morgan fingerprint density at radius 2 is 2.00 bits per heavy atom. The number of benzene rings is 1. The first-order valence-electron chi connectivity index (χ1n) is 7.80. The first-order valence-corrected chi connectivity index (χ1v) is 7.80. The van der Waals surface area contributed by atoms with Gasteiger partial charge < -0.3 is 19.5 Å². The summed E-state index contributed by atoms with van der Waals surface area (Å²) in [5.74, 6) is 1.71. The van der Waals surface area contributed by atoms with Gasteiger partial charge in [0.2, 0.25) is 6.79 Å². The van der Waals surface area contributed by atoms with Gasteiger partial charge in [-0.05, 0) is 30.7 Å². The monoisotopic (exact) mass is 292 g/mol. The van der Waals surface area contributed by atoms with Crippen LogP contribution in [0.4, 0.5) is 0 Å². The first kappa shape index (κ1) is 14.6. The van der Waals surface area contributed by atoms with Crippen molar-refractivity contribution in [2.45, 2.75) is 19.4 Å². The molecule has 0 bridgehead atoms. The Hall–Kier alpha value is -1.30. The maximum Gasteiger partial charge on any atom is 0.231 e. The van der Waals surface area contributed by atoms with Crippen molar-refractivity contribution in [3.63, 3.8) is 0 Å². The fourth-order valence-corrected chi connectivity index (χ4v) is 2.78. The highest BCUT2D eigenvalue weighted by Crippen LogP contribution is 2.34. The molecule has 0 radical (unpaired) electrons. The van der Waals surface area contributed by atoms with Crippen molar-refractivity contribution < 1.29 is 14.2 Å². The molecule has 1 fully saturated rings. The average Bonchev–Trinajstić information content (AvgIpc) is 3.00. The van der Waals surface area contributed by atoms with E-state index in [4.69, 9.17) is 14.2 Å². The van der Waals surface area contributed by atoms with Crippen LogP contribution >= 0.6 is 0 Å². The molecule has 116 valence electrons. The number of ether oxygens (including phenoxy) is 3. The van der Waals surface area contributed by atoms with Gasteiger partial charge in [-0.2, -0.15) is 0 Å². The molecule has 1 saturated heterocycles. The lowest BCUT2D eigenvalue weighted by molar-refractivity contribution is 0.0334. The van der Waals surface area contributed by atoms with E-state index in [0.717, 1.165) is 57.3 Å². The van der Waals surface area contributed by atoms with Gasteiger partial charge in [-0.15, -0.1) is 0 Å². The largest absolute Gasteiger partial charge is 0.454 e. The summed E-state index contributed by atoms with van der Waals surface area (Å²) in [6.45, 7) is 8.23. The van der Waals surface area contributed by atoms with E-state index in [0.29, 0.717) is 12.8 Å². The van der Waals surface area contributed by atoms with E-state index in [1.54, 1.807) is 0 Å². The molecule has 0 aromatic heterocycles. The number of nitrogens with zero attached hydrogens (tertiary/aromatic N) is 1. The Bertz CT molecular complexity index is 461. The highest BCUT2D eigenvalue weighted by molar-refractivity contribution is 5.45. The lowest BCUT2D eigenvalue weighted by Gasteiger charge is -2.31. The zero-order valence-corrected chi connectivity index (χ0v) is 12.6. The molecular weight excluding hydrogens is 268 g/mol. The molecule has 0 spiro atoms. The molecule has 1 N–H and O–H groups in total. The van der Waals surface area contributed by atoms with Crippen LogP contribution in [0.1, 0.15) is 24.9 Å². The number of nitrogens with one attached hydrogen (secondary N) is 1. The highest BCUT2D eigenvalue weighted by Gasteiger charge is 2.21. The van der Waals surface area contributed by atoms with Gasteiger partial charge >= 0.3 is 0 Å². The predicted octanol–water partition coefficient (Wildman–Crippen LogP) is 1.79. The summed E-state index contributed by atoms with van der Waals surface area (Å²) in [7, 11) is 0. The van der Waals surface area contributed by atoms with Gasteiger partial charge in [0.05, 0.1) is 13.2 Å². The standard InChI is InChI=1S/C16H24N2O3/c1-2-5-17-14(11-18-6-8-19-9-7-18)13-3-4-15-16(10-13)21-12-20-15/h3-4,10,14,17H,2,5-9,11-12H2,1H3. The highest BCUT2D eigenvalue weighted by atomic mass is 16.7. The molecule has 1 aromatic rings. The van der Waals surface area contributed by atoms with Gasteiger partial charge in [-0.3, -0.25) is 4.90 Å². The number of morpholine rings is 1. The van der Waals surface area contributed by atoms with Gasteiger partial charge in [0.15, 0.2) is 11.5 Å². The van der Waals surface area contributed by atoms with Crippen LogP contribution in [0.25, 0.3) is 0 Å². The molecule has 1 aromatic carbocycles. The van der Waals surface area contributed by atoms with Gasteiger partial charge in [-0.25, -0.2) is 0 Å². The van der Waals surface area contributed by atoms with E-state index >= 15 is 0 Å². The number of fused-ring (bicyclic) bond motifs is 1. The summed E-state index contributed by atoms with van der Waals surface area (Å²) < 4.78 is 16.3. The smallest absolute Gasteiger partial charge is 0.231 e. The van der Waals surface area contributed by atoms with E-state index < -0.39 is 0 Å². The minimum Gasteiger partial charge on any atom is -0.454 e. The summed E-state index contributed by atoms with van der Waals surface area (Å²) in [6.07, 6.45) is 1.13. The number of rotatable bonds is 6. The second kappa shape index (κ2) is 7.11. The molecular formula is C16H24N2O3. The lowest BCUT2D eigenvalue weighted by Crippen LogP contribution is -2.42. The molecule has 2 aliphatic heterocycles. The van der Waals surface area contributed by atoms with Crippen LogP contribution in [0.3, 0.4) is 0 Å². The Kier molecular flexibility index (Phi) is 4.95. The van der Waals surface area contributed by atoms with Crippen LogP contribution in [-0.4, -0.2) is 51.1 Å². The molecule has 3 rings (SSSR count). The van der Waals surface area contributed by atoms with Crippen molar-refractivity contribution in [1.82, 2.24) is 10.2 Å². The molecule has 0 aliphatic carbocycles. The Labute approximate surface area is 126 Å². The molecule has 0 amide bonds. The van der Waals surface area contributed by atoms with E-state index in [-0.39, 0.29) is 0 Å². The molecule has 1 atom stereocenters. The third-order valence-corrected chi connectivity index (χ3v) is 3.98. The fourth-order valence-electron chi connectivity index (χ4n) is 2.78. The minimum absolute atomic E-state index is 0.317. The van der Waals surface area contributed by atoms with E-state index in [9.17, 15) is 0 Å². The summed E-state index contributed by atoms with van der Waals surface area (Å²) in [4.78, 5) is 2.46. The van der Waals surface area contributed by atoms with Crippen molar-refractivity contribution in [2.75, 3.05) is 46.2 Å². The van der Waals surface area contributed by atoms with Crippen LogP contribution < -0.4 is 14.8 Å². The normalized spacial score (nSPS) is 19.7. The maximum atomic E-state index is 5.50. The van der Waals surface area contributed by atoms with Crippen LogP contribution in [0, 0.1) is 0 Å². The molecule has 21 heavy (non-hydrogen) atoms. The quantitative estimate of drug-likeness (QED) is 0.866. The van der Waals surface area contributed by atoms with Crippen LogP contribution in [0.5, 0.6) is 11.5 Å². The number of hydrogen-bond donors (Lipinski definition) is 1. The van der Waals surface area contributed by atoms with E-state index in [2.05, 4.69) is 29.3 Å². The van der Waals surface area contributed by atoms with E-state index in [1.807, 2.05) is 6.07 Å². The molecule has 5 heteroatoms. The molecule has 1 unspecified atom stereocenters. The zero-order chi connectivity index (χ0) is 14.5. The Morgan fingerprint density at radius 3 is 2.81 bits per heavy atom. The van der Waals surface area contributed by atoms with Crippen molar-refractivity contribution >= 4 is 0 Å². The van der Waals surface area contributed by atoms with Crippen molar-refractivity contribution in [3.05, 3.63) is 23.8 Å². The molecule has 2 heterocycles. The summed E-state index contributed by atoms with van der Waals surface area (Å²) in [5, 5.41) is 3.65. The molecule has 5 nitrogen and oxygen atoms in total. The van der Waals surface area contributed by atoms with Crippen LogP contribution in [-0.2, 0) is 4.74 Å². The topological polar surface area (TPSA) is 43.0 Å². The van der Waals surface area contributed by atoms with Gasteiger partial charge in [0.25, 0.3) is 0 Å². The average molecular weight is 292 g/mol. The third kappa shape index (κ3) is 3.67. The van der Waals surface area contributed by atoms with Gasteiger partial charge in [0, 0.05) is 25.7 Å². The number of hydrogen-bond acceptors (Lipinski definition) is 5. The summed E-state index contributed by atoms with van der Waals surface area (Å²) >= 11 is 0. The molecule has 0 saturated carbocycles. The summed E-state index contributed by atoms with van der Waals surface area (Å²) in [6, 6.07) is 6.58. The zero-order valence-electron chi connectivity index (χ0n) is 12.6. The predicted molar refractivity (Wildman–Crippen MR) is 80.9 cm³/mol. The van der Waals surface area contributed by atoms with Gasteiger partial charge in [0.1, 0.15) is 0 Å². The van der Waals surface area contributed by atoms with Crippen molar-refractivity contribution in [1.29, 1.82) is 0 Å². The first-order chi connectivity index (χ1) is 10.4. The van der Waals surface area contributed by atoms with Crippen LogP contribution in [0.15, 0.2) is 18.2 Å². The Balaban J connectivity index is 1.71. The van der Waals surface area contributed by atoms with Crippen molar-refractivity contribution in [2.24, 2.45) is 0 Å². The third-order valence-electron chi connectivity index (χ3n) is 3.98. The fraction of sp³-hybridized carbons (Fsp3) is 0.625. The minimum atomic E-state index is 0.317. The second-order valence-electron chi connectivity index (χ2n) is 5.53.